The van der Waals surface area contributed by atoms with E-state index in [1.165, 1.54) is 7.11 Å². The first kappa shape index (κ1) is 9.77. The molecule has 0 N–H and O–H groups in total. The van der Waals surface area contributed by atoms with Gasteiger partial charge in [0, 0.05) is 11.5 Å². The minimum atomic E-state index is 0.547. The quantitative estimate of drug-likeness (QED) is 0.706. The van der Waals surface area contributed by atoms with Crippen molar-refractivity contribution in [3.8, 4) is 5.75 Å². The predicted molar refractivity (Wildman–Crippen MR) is 57.6 cm³/mol. The zero-order chi connectivity index (χ0) is 11.0. The third kappa shape index (κ3) is 1.40. The maximum Gasteiger partial charge on any atom is 0.153 e. The number of hydrogen-bond donors (Lipinski definition) is 0. The van der Waals surface area contributed by atoms with E-state index in [-0.39, 0.29) is 0 Å². The highest BCUT2D eigenvalue weighted by atomic mass is 16.5. The van der Waals surface area contributed by atoms with Crippen molar-refractivity contribution in [2.24, 2.45) is 0 Å². The van der Waals surface area contributed by atoms with Gasteiger partial charge >= 0.3 is 0 Å². The van der Waals surface area contributed by atoms with Crippen molar-refractivity contribution in [1.29, 1.82) is 0 Å². The smallest absolute Gasteiger partial charge is 0.153 e. The van der Waals surface area contributed by atoms with Crippen molar-refractivity contribution in [3.05, 3.63) is 29.0 Å². The van der Waals surface area contributed by atoms with Crippen molar-refractivity contribution in [1.82, 2.24) is 0 Å². The number of carbonyl (C=O) groups is 1. The van der Waals surface area contributed by atoms with E-state index in [1.807, 2.05) is 13.8 Å². The summed E-state index contributed by atoms with van der Waals surface area (Å²) in [4.78, 5) is 10.8. The van der Waals surface area contributed by atoms with Gasteiger partial charge in [-0.3, -0.25) is 4.79 Å². The molecule has 1 heterocycles. The molecule has 78 valence electrons. The Bertz CT molecular complexity index is 523. The SMILES string of the molecule is COc1cc2oc(C)c(C)c2cc1C=O. The summed E-state index contributed by atoms with van der Waals surface area (Å²) in [5.74, 6) is 1.42. The first-order valence-corrected chi connectivity index (χ1v) is 4.70. The Balaban J connectivity index is 2.80. The number of methoxy groups -OCH3 is 1. The Morgan fingerprint density at radius 1 is 1.33 bits per heavy atom. The van der Waals surface area contributed by atoms with Crippen LogP contribution in [0, 0.1) is 13.8 Å². The second-order valence-corrected chi connectivity index (χ2v) is 3.49. The van der Waals surface area contributed by atoms with Crippen LogP contribution in [-0.4, -0.2) is 13.4 Å². The Labute approximate surface area is 87.6 Å². The van der Waals surface area contributed by atoms with Gasteiger partial charge in [0.15, 0.2) is 6.29 Å². The standard InChI is InChI=1S/C12H12O3/c1-7-8(2)15-12-5-11(14-3)9(6-13)4-10(7)12/h4-6H,1-3H3. The molecule has 0 amide bonds. The first-order chi connectivity index (χ1) is 7.17. The lowest BCUT2D eigenvalue weighted by Gasteiger charge is -2.02. The summed E-state index contributed by atoms with van der Waals surface area (Å²) in [6.07, 6.45) is 0.792. The number of benzene rings is 1. The number of carbonyl (C=O) groups excluding carboxylic acids is 1. The molecule has 0 aliphatic heterocycles. The normalized spacial score (nSPS) is 10.6. The highest BCUT2D eigenvalue weighted by Crippen LogP contribution is 2.30. The number of furan rings is 1. The molecular formula is C12H12O3. The van der Waals surface area contributed by atoms with E-state index in [2.05, 4.69) is 0 Å². The fourth-order valence-electron chi connectivity index (χ4n) is 1.66. The van der Waals surface area contributed by atoms with Crippen molar-refractivity contribution in [2.75, 3.05) is 7.11 Å². The highest BCUT2D eigenvalue weighted by Gasteiger charge is 2.11. The van der Waals surface area contributed by atoms with Gasteiger partial charge in [-0.05, 0) is 25.5 Å². The van der Waals surface area contributed by atoms with Crippen LogP contribution in [0.1, 0.15) is 21.7 Å². The van der Waals surface area contributed by atoms with E-state index in [0.29, 0.717) is 11.3 Å². The van der Waals surface area contributed by atoms with Gasteiger partial charge < -0.3 is 9.15 Å². The van der Waals surface area contributed by atoms with Gasteiger partial charge in [0.1, 0.15) is 17.1 Å². The largest absolute Gasteiger partial charge is 0.496 e. The van der Waals surface area contributed by atoms with Crippen molar-refractivity contribution in [2.45, 2.75) is 13.8 Å². The minimum absolute atomic E-state index is 0.547. The molecule has 2 rings (SSSR count). The second-order valence-electron chi connectivity index (χ2n) is 3.49. The van der Waals surface area contributed by atoms with Gasteiger partial charge in [-0.2, -0.15) is 0 Å². The monoisotopic (exact) mass is 204 g/mol. The van der Waals surface area contributed by atoms with Gasteiger partial charge in [-0.15, -0.1) is 0 Å². The van der Waals surface area contributed by atoms with Crippen LogP contribution in [0.4, 0.5) is 0 Å². The number of rotatable bonds is 2. The zero-order valence-electron chi connectivity index (χ0n) is 8.96. The van der Waals surface area contributed by atoms with Crippen molar-refractivity contribution >= 4 is 17.3 Å². The Hall–Kier alpha value is -1.77. The van der Waals surface area contributed by atoms with Gasteiger partial charge in [-0.25, -0.2) is 0 Å². The Kier molecular flexibility index (Phi) is 2.23. The summed E-state index contributed by atoms with van der Waals surface area (Å²) >= 11 is 0. The van der Waals surface area contributed by atoms with Crippen LogP contribution in [0.3, 0.4) is 0 Å². The van der Waals surface area contributed by atoms with Crippen LogP contribution in [0.25, 0.3) is 11.0 Å². The molecule has 0 saturated heterocycles. The third-order valence-corrected chi connectivity index (χ3v) is 2.65. The molecular weight excluding hydrogens is 192 g/mol. The molecule has 15 heavy (non-hydrogen) atoms. The number of aldehydes is 1. The molecule has 0 spiro atoms. The van der Waals surface area contributed by atoms with Crippen LogP contribution < -0.4 is 4.74 Å². The lowest BCUT2D eigenvalue weighted by atomic mass is 10.1. The minimum Gasteiger partial charge on any atom is -0.496 e. The lowest BCUT2D eigenvalue weighted by molar-refractivity contribution is 0.112. The fourth-order valence-corrected chi connectivity index (χ4v) is 1.66. The molecule has 0 unspecified atom stereocenters. The third-order valence-electron chi connectivity index (χ3n) is 2.65. The zero-order valence-corrected chi connectivity index (χ0v) is 8.96. The number of aryl methyl sites for hydroxylation is 2. The van der Waals surface area contributed by atoms with E-state index >= 15 is 0 Å². The van der Waals surface area contributed by atoms with Gasteiger partial charge in [-0.1, -0.05) is 0 Å². The second kappa shape index (κ2) is 3.42. The van der Waals surface area contributed by atoms with Crippen LogP contribution >= 0.6 is 0 Å². The average Bonchev–Trinajstić information content (AvgIpc) is 2.53. The molecule has 0 fully saturated rings. The predicted octanol–water partition coefficient (Wildman–Crippen LogP) is 2.87. The molecule has 0 bridgehead atoms. The summed E-state index contributed by atoms with van der Waals surface area (Å²) in [7, 11) is 1.54. The first-order valence-electron chi connectivity index (χ1n) is 4.70. The topological polar surface area (TPSA) is 39.4 Å². The van der Waals surface area contributed by atoms with Gasteiger partial charge in [0.2, 0.25) is 0 Å². The van der Waals surface area contributed by atoms with E-state index in [1.54, 1.807) is 12.1 Å². The summed E-state index contributed by atoms with van der Waals surface area (Å²) in [5, 5.41) is 0.968. The van der Waals surface area contributed by atoms with Crippen LogP contribution in [0.15, 0.2) is 16.5 Å². The molecule has 3 nitrogen and oxygen atoms in total. The molecule has 0 saturated carbocycles. The summed E-state index contributed by atoms with van der Waals surface area (Å²) in [6, 6.07) is 3.55. The van der Waals surface area contributed by atoms with Crippen LogP contribution in [0.2, 0.25) is 0 Å². The van der Waals surface area contributed by atoms with Crippen molar-refractivity contribution < 1.29 is 13.9 Å². The Morgan fingerprint density at radius 2 is 2.07 bits per heavy atom. The fraction of sp³-hybridized carbons (Fsp3) is 0.250. The van der Waals surface area contributed by atoms with E-state index in [0.717, 1.165) is 28.6 Å². The summed E-state index contributed by atoms with van der Waals surface area (Å²) in [6.45, 7) is 3.88. The number of fused-ring (bicyclic) bond motifs is 1. The molecule has 0 aliphatic carbocycles. The lowest BCUT2D eigenvalue weighted by Crippen LogP contribution is -1.89. The van der Waals surface area contributed by atoms with E-state index in [4.69, 9.17) is 9.15 Å². The molecule has 1 aromatic heterocycles. The summed E-state index contributed by atoms with van der Waals surface area (Å²) in [5.41, 5.74) is 2.37. The van der Waals surface area contributed by atoms with Crippen molar-refractivity contribution in [3.63, 3.8) is 0 Å². The molecule has 1 aromatic carbocycles. The summed E-state index contributed by atoms with van der Waals surface area (Å²) < 4.78 is 10.6. The van der Waals surface area contributed by atoms with Crippen LogP contribution in [0.5, 0.6) is 5.75 Å². The number of hydrogen-bond acceptors (Lipinski definition) is 3. The Morgan fingerprint density at radius 3 is 2.67 bits per heavy atom. The molecule has 2 aromatic rings. The molecule has 0 atom stereocenters. The van der Waals surface area contributed by atoms with Crippen LogP contribution in [-0.2, 0) is 0 Å². The van der Waals surface area contributed by atoms with E-state index in [9.17, 15) is 4.79 Å². The molecule has 0 aliphatic rings. The highest BCUT2D eigenvalue weighted by molar-refractivity contribution is 5.91. The maximum absolute atomic E-state index is 10.8. The number of ether oxygens (including phenoxy) is 1. The van der Waals surface area contributed by atoms with E-state index < -0.39 is 0 Å². The maximum atomic E-state index is 10.8. The van der Waals surface area contributed by atoms with Gasteiger partial charge in [0.05, 0.1) is 12.7 Å². The van der Waals surface area contributed by atoms with Gasteiger partial charge in [0.25, 0.3) is 0 Å². The molecule has 0 radical (unpaired) electrons. The average molecular weight is 204 g/mol. The molecule has 3 heteroatoms.